The van der Waals surface area contributed by atoms with Gasteiger partial charge in [-0.2, -0.15) is 0 Å². The largest absolute Gasteiger partial charge is 0.376 e. The Bertz CT molecular complexity index is 2890. The summed E-state index contributed by atoms with van der Waals surface area (Å²) in [6.07, 6.45) is 0.730. The van der Waals surface area contributed by atoms with Crippen molar-refractivity contribution in [1.82, 2.24) is 25.0 Å². The third-order valence-electron chi connectivity index (χ3n) is 13.2. The zero-order valence-corrected chi connectivity index (χ0v) is 43.1. The minimum absolute atomic E-state index is 0.0959. The highest BCUT2D eigenvalue weighted by molar-refractivity contribution is 7.99. The van der Waals surface area contributed by atoms with Gasteiger partial charge in [0, 0.05) is 129 Å². The van der Waals surface area contributed by atoms with Crippen molar-refractivity contribution in [2.45, 2.75) is 29.2 Å². The third kappa shape index (κ3) is 12.9. The molecule has 4 N–H and O–H groups in total. The Balaban J connectivity index is 0.928. The molecule has 6 aromatic rings. The average molecular weight is 1020 g/mol. The van der Waals surface area contributed by atoms with Gasteiger partial charge in [-0.1, -0.05) is 54.1 Å². The molecule has 0 saturated carbocycles. The zero-order chi connectivity index (χ0) is 50.1. The average Bonchev–Trinajstić information content (AvgIpc) is 3.64. The van der Waals surface area contributed by atoms with Crippen molar-refractivity contribution >= 4 is 67.7 Å². The molecule has 0 unspecified atom stereocenters. The number of hydrogen-bond donors (Lipinski definition) is 4. The number of carbonyl (C=O) groups is 1. The lowest BCUT2D eigenvalue weighted by atomic mass is 9.95. The fourth-order valence-electron chi connectivity index (χ4n) is 9.19. The summed E-state index contributed by atoms with van der Waals surface area (Å²) in [5, 5.41) is 22.9. The van der Waals surface area contributed by atoms with Gasteiger partial charge in [0.05, 0.1) is 21.1 Å². The van der Waals surface area contributed by atoms with E-state index in [9.17, 15) is 23.3 Å². The van der Waals surface area contributed by atoms with E-state index in [1.54, 1.807) is 23.9 Å². The van der Waals surface area contributed by atoms with E-state index >= 15 is 0 Å². The number of benzene rings is 5. The molecular weight excluding hydrogens is 956 g/mol. The predicted molar refractivity (Wildman–Crippen MR) is 290 cm³/mol. The van der Waals surface area contributed by atoms with Crippen LogP contribution in [0.4, 0.5) is 28.4 Å². The van der Waals surface area contributed by atoms with Gasteiger partial charge in [0.2, 0.25) is 0 Å². The lowest BCUT2D eigenvalue weighted by molar-refractivity contribution is -0.384. The number of nitro groups is 1. The maximum atomic E-state index is 14.2. The summed E-state index contributed by atoms with van der Waals surface area (Å²) in [4.78, 5) is 35.9. The highest BCUT2D eigenvalue weighted by Crippen LogP contribution is 2.41. The van der Waals surface area contributed by atoms with Crippen LogP contribution < -0.4 is 30.5 Å². The second kappa shape index (κ2) is 23.4. The van der Waals surface area contributed by atoms with E-state index in [4.69, 9.17) is 11.6 Å². The van der Waals surface area contributed by atoms with Crippen LogP contribution in [0, 0.1) is 17.0 Å². The van der Waals surface area contributed by atoms with Gasteiger partial charge in [0.1, 0.15) is 5.69 Å². The Morgan fingerprint density at radius 1 is 0.845 bits per heavy atom. The molecule has 2 aliphatic rings. The Hall–Kier alpha value is -6.08. The number of rotatable bonds is 20. The summed E-state index contributed by atoms with van der Waals surface area (Å²) in [6, 6.07) is 37.2. The number of carbonyl (C=O) groups excluding carboxylic acids is 1. The molecule has 0 radical (unpaired) electrons. The van der Waals surface area contributed by atoms with Crippen LogP contribution in [0.15, 0.2) is 131 Å². The molecule has 0 bridgehead atoms. The minimum Gasteiger partial charge on any atom is -0.376 e. The topological polar surface area (TPSA) is 160 Å². The number of piperazine rings is 2. The number of sulfonamides is 1. The molecule has 2 aliphatic heterocycles. The standard InChI is InChI=1S/C53H63ClN10O5S2/c1-38-50(53(65)56-26-30-61-28-24-55-25-29-61)51(52(60(38)4)39-13-15-41(54)16-14-39)40-9-8-10-45(35-40)63-33-31-62(32-34-63)44-19-17-42(18-20-44)58-71(68,69)47-21-22-48(49(36-47)64(66)67)57-43(23-27-59(2)3)37-70-46-11-6-5-7-12-46/h5-22,35-36,43,55,57-58H,23-34,37H2,1-4H3,(H,56,65)/t43-/m1/s1. The van der Waals surface area contributed by atoms with Crippen LogP contribution in [0.3, 0.4) is 0 Å². The van der Waals surface area contributed by atoms with Crippen molar-refractivity contribution in [2.75, 3.05) is 112 Å². The summed E-state index contributed by atoms with van der Waals surface area (Å²) in [5.74, 6) is 0.570. The number of amides is 1. The van der Waals surface area contributed by atoms with Crippen LogP contribution in [0.25, 0.3) is 22.4 Å². The number of thioether (sulfide) groups is 1. The van der Waals surface area contributed by atoms with Crippen LogP contribution in [0.2, 0.25) is 5.02 Å². The summed E-state index contributed by atoms with van der Waals surface area (Å²) in [6.45, 7) is 10.9. The predicted octanol–water partition coefficient (Wildman–Crippen LogP) is 8.52. The number of nitrogens with zero attached hydrogens (tertiary/aromatic N) is 6. The molecule has 15 nitrogen and oxygen atoms in total. The Morgan fingerprint density at radius 3 is 2.21 bits per heavy atom. The van der Waals surface area contributed by atoms with Gasteiger partial charge in [0.25, 0.3) is 21.6 Å². The molecule has 5 aromatic carbocycles. The zero-order valence-electron chi connectivity index (χ0n) is 40.7. The smallest absolute Gasteiger partial charge is 0.293 e. The maximum Gasteiger partial charge on any atom is 0.293 e. The van der Waals surface area contributed by atoms with Crippen LogP contribution in [-0.2, 0) is 17.1 Å². The van der Waals surface area contributed by atoms with Gasteiger partial charge >= 0.3 is 0 Å². The number of nitrogens with one attached hydrogen (secondary N) is 4. The van der Waals surface area contributed by atoms with Gasteiger partial charge in [-0.15, -0.1) is 11.8 Å². The molecule has 374 valence electrons. The van der Waals surface area contributed by atoms with Gasteiger partial charge in [-0.3, -0.25) is 24.5 Å². The van der Waals surface area contributed by atoms with Gasteiger partial charge in [-0.05, 0) is 118 Å². The van der Waals surface area contributed by atoms with E-state index in [-0.39, 0.29) is 28.2 Å². The van der Waals surface area contributed by atoms with E-state index in [1.165, 1.54) is 12.1 Å². The SMILES string of the molecule is Cc1c(C(=O)NCCN2CCNCC2)c(-c2cccc(N3CCN(c4ccc(NS(=O)(=O)c5ccc(N[C@H](CCN(C)C)CSc6ccccc6)c([N+](=O)[O-])c5)cc4)CC3)c2)c(-c2ccc(Cl)cc2)n1C. The van der Waals surface area contributed by atoms with Gasteiger partial charge in [0.15, 0.2) is 0 Å². The van der Waals surface area contributed by atoms with Crippen LogP contribution in [0.5, 0.6) is 0 Å². The first kappa shape index (κ1) is 51.3. The number of aromatic nitrogens is 1. The molecule has 3 heterocycles. The van der Waals surface area contributed by atoms with Crippen molar-refractivity contribution in [2.24, 2.45) is 7.05 Å². The van der Waals surface area contributed by atoms with E-state index < -0.39 is 14.9 Å². The number of hydrogen-bond acceptors (Lipinski definition) is 12. The van der Waals surface area contributed by atoms with E-state index in [2.05, 4.69) is 69.1 Å². The highest BCUT2D eigenvalue weighted by atomic mass is 35.5. The summed E-state index contributed by atoms with van der Waals surface area (Å²) < 4.78 is 32.1. The van der Waals surface area contributed by atoms with Gasteiger partial charge in [-0.25, -0.2) is 8.42 Å². The van der Waals surface area contributed by atoms with E-state index in [0.717, 1.165) is 122 Å². The lowest BCUT2D eigenvalue weighted by Gasteiger charge is -2.37. The molecule has 8 rings (SSSR count). The van der Waals surface area contributed by atoms with Crippen LogP contribution >= 0.6 is 23.4 Å². The first-order valence-electron chi connectivity index (χ1n) is 24.0. The van der Waals surface area contributed by atoms with Gasteiger partial charge < -0.3 is 35.2 Å². The Labute approximate surface area is 426 Å². The molecule has 1 aromatic heterocycles. The molecule has 2 saturated heterocycles. The molecule has 18 heteroatoms. The molecule has 71 heavy (non-hydrogen) atoms. The molecule has 1 amide bonds. The number of nitro benzene ring substituents is 1. The highest BCUT2D eigenvalue weighted by Gasteiger charge is 2.28. The molecule has 2 fully saturated rings. The fourth-order valence-corrected chi connectivity index (χ4v) is 11.4. The lowest BCUT2D eigenvalue weighted by Crippen LogP contribution is -2.46. The quantitative estimate of drug-likeness (QED) is 0.0329. The molecular formula is C53H63ClN10O5S2. The molecule has 1 atom stereocenters. The summed E-state index contributed by atoms with van der Waals surface area (Å²) in [5.41, 5.74) is 7.57. The second-order valence-electron chi connectivity index (χ2n) is 18.3. The van der Waals surface area contributed by atoms with Crippen molar-refractivity contribution in [3.05, 3.63) is 148 Å². The van der Waals surface area contributed by atoms with Crippen molar-refractivity contribution < 1.29 is 18.1 Å². The monoisotopic (exact) mass is 1020 g/mol. The Morgan fingerprint density at radius 2 is 1.54 bits per heavy atom. The van der Waals surface area contributed by atoms with E-state index in [0.29, 0.717) is 28.6 Å². The first-order chi connectivity index (χ1) is 34.2. The second-order valence-corrected chi connectivity index (χ2v) is 21.5. The summed E-state index contributed by atoms with van der Waals surface area (Å²) >= 11 is 8.00. The third-order valence-corrected chi connectivity index (χ3v) is 16.0. The Kier molecular flexibility index (Phi) is 16.9. The van der Waals surface area contributed by atoms with Crippen molar-refractivity contribution in [3.63, 3.8) is 0 Å². The van der Waals surface area contributed by atoms with Crippen LogP contribution in [-0.4, -0.2) is 131 Å². The molecule has 0 spiro atoms. The number of anilines is 4. The van der Waals surface area contributed by atoms with E-state index in [1.807, 2.05) is 94.8 Å². The normalized spacial score (nSPS) is 14.9. The van der Waals surface area contributed by atoms with Crippen molar-refractivity contribution in [1.29, 1.82) is 0 Å². The van der Waals surface area contributed by atoms with Crippen molar-refractivity contribution in [3.8, 4) is 22.4 Å². The number of halogens is 1. The summed E-state index contributed by atoms with van der Waals surface area (Å²) in [7, 11) is 1.80. The van der Waals surface area contributed by atoms with Crippen LogP contribution in [0.1, 0.15) is 22.5 Å². The fraction of sp³-hybridized carbons (Fsp3) is 0.340. The minimum atomic E-state index is -4.17. The molecule has 0 aliphatic carbocycles. The first-order valence-corrected chi connectivity index (χ1v) is 26.9. The maximum absolute atomic E-state index is 14.2.